The van der Waals surface area contributed by atoms with Gasteiger partial charge in [0.15, 0.2) is 0 Å². The molecule has 1 aliphatic rings. The zero-order chi connectivity index (χ0) is 15.4. The molecule has 4 amide bonds. The number of benzene rings is 1. The molecule has 0 aromatic heterocycles. The van der Waals surface area contributed by atoms with Crippen LogP contribution in [-0.2, 0) is 14.4 Å². The highest BCUT2D eigenvalue weighted by Crippen LogP contribution is 2.10. The molecule has 0 saturated carbocycles. The minimum Gasteiger partial charge on any atom is -0.343 e. The molecule has 7 nitrogen and oxygen atoms in total. The van der Waals surface area contributed by atoms with Crippen LogP contribution in [0.15, 0.2) is 30.3 Å². The number of likely N-dealkylation sites (tertiary alicyclic amines) is 1. The van der Waals surface area contributed by atoms with E-state index in [2.05, 4.69) is 10.6 Å². The van der Waals surface area contributed by atoms with Crippen molar-refractivity contribution in [3.8, 4) is 0 Å². The SMILES string of the molecule is CN1C(=O)C[C@@H](NC(=O)CNC(=O)c2ccccc2)C1=O. The lowest BCUT2D eigenvalue weighted by molar-refractivity contribution is -0.138. The van der Waals surface area contributed by atoms with E-state index in [4.69, 9.17) is 0 Å². The van der Waals surface area contributed by atoms with Crippen LogP contribution in [0.5, 0.6) is 0 Å². The van der Waals surface area contributed by atoms with Crippen molar-refractivity contribution in [3.63, 3.8) is 0 Å². The molecule has 0 spiro atoms. The van der Waals surface area contributed by atoms with Crippen LogP contribution in [0.3, 0.4) is 0 Å². The van der Waals surface area contributed by atoms with Crippen molar-refractivity contribution in [1.82, 2.24) is 15.5 Å². The third kappa shape index (κ3) is 3.44. The average Bonchev–Trinajstić information content (AvgIpc) is 2.73. The number of nitrogens with one attached hydrogen (secondary N) is 2. The lowest BCUT2D eigenvalue weighted by Gasteiger charge is -2.11. The molecule has 1 aromatic carbocycles. The van der Waals surface area contributed by atoms with E-state index in [1.165, 1.54) is 7.05 Å². The van der Waals surface area contributed by atoms with Crippen LogP contribution < -0.4 is 10.6 Å². The average molecular weight is 289 g/mol. The van der Waals surface area contributed by atoms with Crippen molar-refractivity contribution >= 4 is 23.6 Å². The van der Waals surface area contributed by atoms with E-state index >= 15 is 0 Å². The predicted molar refractivity (Wildman–Crippen MR) is 73.1 cm³/mol. The summed E-state index contributed by atoms with van der Waals surface area (Å²) in [5.74, 6) is -1.67. The first kappa shape index (κ1) is 14.7. The van der Waals surface area contributed by atoms with Crippen molar-refractivity contribution in [2.75, 3.05) is 13.6 Å². The number of carbonyl (C=O) groups excluding carboxylic acids is 4. The quantitative estimate of drug-likeness (QED) is 0.716. The first-order chi connectivity index (χ1) is 9.99. The Bertz CT molecular complexity index is 585. The normalized spacial score (nSPS) is 17.8. The van der Waals surface area contributed by atoms with Gasteiger partial charge in [-0.15, -0.1) is 0 Å². The van der Waals surface area contributed by atoms with E-state index in [1.54, 1.807) is 30.3 Å². The van der Waals surface area contributed by atoms with Gasteiger partial charge in [-0.3, -0.25) is 24.1 Å². The minimum atomic E-state index is -0.844. The molecule has 2 rings (SSSR count). The summed E-state index contributed by atoms with van der Waals surface area (Å²) in [7, 11) is 1.37. The van der Waals surface area contributed by atoms with Crippen LogP contribution >= 0.6 is 0 Å². The maximum atomic E-state index is 11.7. The highest BCUT2D eigenvalue weighted by atomic mass is 16.2. The standard InChI is InChI=1S/C14H15N3O4/c1-17-12(19)7-10(14(17)21)16-11(18)8-15-13(20)9-5-3-2-4-6-9/h2-6,10H,7-8H2,1H3,(H,15,20)(H,16,18)/t10-/m1/s1. The Morgan fingerprint density at radius 3 is 2.48 bits per heavy atom. The molecule has 0 radical (unpaired) electrons. The first-order valence-electron chi connectivity index (χ1n) is 6.42. The summed E-state index contributed by atoms with van der Waals surface area (Å²) >= 11 is 0. The molecule has 7 heteroatoms. The van der Waals surface area contributed by atoms with Gasteiger partial charge in [-0.2, -0.15) is 0 Å². The molecular formula is C14H15N3O4. The molecule has 1 atom stereocenters. The number of hydrogen-bond donors (Lipinski definition) is 2. The fourth-order valence-corrected chi connectivity index (χ4v) is 1.97. The Morgan fingerprint density at radius 2 is 1.90 bits per heavy atom. The van der Waals surface area contributed by atoms with E-state index in [1.807, 2.05) is 0 Å². The first-order valence-corrected chi connectivity index (χ1v) is 6.42. The van der Waals surface area contributed by atoms with Crippen LogP contribution in [0.25, 0.3) is 0 Å². The Morgan fingerprint density at radius 1 is 1.24 bits per heavy atom. The number of nitrogens with zero attached hydrogens (tertiary/aromatic N) is 1. The van der Waals surface area contributed by atoms with E-state index in [9.17, 15) is 19.2 Å². The molecular weight excluding hydrogens is 274 g/mol. The molecule has 1 aromatic rings. The summed E-state index contributed by atoms with van der Waals surface area (Å²) in [6, 6.07) is 7.62. The summed E-state index contributed by atoms with van der Waals surface area (Å²) in [4.78, 5) is 47.3. The van der Waals surface area contributed by atoms with Crippen LogP contribution in [-0.4, -0.2) is 48.2 Å². The van der Waals surface area contributed by atoms with Crippen molar-refractivity contribution in [2.24, 2.45) is 0 Å². The van der Waals surface area contributed by atoms with Gasteiger partial charge < -0.3 is 10.6 Å². The molecule has 1 heterocycles. The largest absolute Gasteiger partial charge is 0.343 e. The predicted octanol–water partition coefficient (Wildman–Crippen LogP) is -0.710. The smallest absolute Gasteiger partial charge is 0.252 e. The van der Waals surface area contributed by atoms with Gasteiger partial charge in [0, 0.05) is 12.6 Å². The number of amides is 4. The third-order valence-corrected chi connectivity index (χ3v) is 3.16. The number of likely N-dealkylation sites (N-methyl/N-ethyl adjacent to an activating group) is 1. The lowest BCUT2D eigenvalue weighted by Crippen LogP contribution is -2.45. The highest BCUT2D eigenvalue weighted by molar-refractivity contribution is 6.06. The molecule has 2 N–H and O–H groups in total. The fraction of sp³-hybridized carbons (Fsp3) is 0.286. The Kier molecular flexibility index (Phi) is 4.32. The molecule has 0 bridgehead atoms. The van der Waals surface area contributed by atoms with Crippen LogP contribution in [0.4, 0.5) is 0 Å². The van der Waals surface area contributed by atoms with Gasteiger partial charge in [-0.05, 0) is 12.1 Å². The van der Waals surface area contributed by atoms with E-state index in [0.717, 1.165) is 4.90 Å². The minimum absolute atomic E-state index is 0.0479. The Hall–Kier alpha value is -2.70. The fourth-order valence-electron chi connectivity index (χ4n) is 1.97. The van der Waals surface area contributed by atoms with Gasteiger partial charge in [-0.25, -0.2) is 0 Å². The second kappa shape index (κ2) is 6.17. The number of hydrogen-bond acceptors (Lipinski definition) is 4. The van der Waals surface area contributed by atoms with Gasteiger partial charge >= 0.3 is 0 Å². The molecule has 110 valence electrons. The lowest BCUT2D eigenvalue weighted by atomic mass is 10.2. The second-order valence-corrected chi connectivity index (χ2v) is 4.66. The van der Waals surface area contributed by atoms with Crippen LogP contribution in [0.2, 0.25) is 0 Å². The zero-order valence-corrected chi connectivity index (χ0v) is 11.5. The summed E-state index contributed by atoms with van der Waals surface area (Å²) in [6.07, 6.45) is -0.0479. The van der Waals surface area contributed by atoms with Gasteiger partial charge in [0.1, 0.15) is 6.04 Å². The van der Waals surface area contributed by atoms with Gasteiger partial charge in [0.2, 0.25) is 11.8 Å². The van der Waals surface area contributed by atoms with Gasteiger partial charge in [-0.1, -0.05) is 18.2 Å². The molecule has 0 unspecified atom stereocenters. The van der Waals surface area contributed by atoms with Crippen molar-refractivity contribution < 1.29 is 19.2 Å². The van der Waals surface area contributed by atoms with E-state index in [-0.39, 0.29) is 24.8 Å². The van der Waals surface area contributed by atoms with Crippen LogP contribution in [0, 0.1) is 0 Å². The number of imide groups is 1. The zero-order valence-electron chi connectivity index (χ0n) is 11.5. The second-order valence-electron chi connectivity index (χ2n) is 4.66. The molecule has 1 saturated heterocycles. The summed E-state index contributed by atoms with van der Waals surface area (Å²) in [5, 5.41) is 4.88. The van der Waals surface area contributed by atoms with Crippen molar-refractivity contribution in [2.45, 2.75) is 12.5 Å². The van der Waals surface area contributed by atoms with E-state index in [0.29, 0.717) is 5.56 Å². The number of rotatable bonds is 4. The third-order valence-electron chi connectivity index (χ3n) is 3.16. The molecule has 1 fully saturated rings. The number of carbonyl (C=O) groups is 4. The van der Waals surface area contributed by atoms with Crippen molar-refractivity contribution in [3.05, 3.63) is 35.9 Å². The highest BCUT2D eigenvalue weighted by Gasteiger charge is 2.36. The molecule has 21 heavy (non-hydrogen) atoms. The maximum Gasteiger partial charge on any atom is 0.252 e. The van der Waals surface area contributed by atoms with Gasteiger partial charge in [0.25, 0.3) is 11.8 Å². The van der Waals surface area contributed by atoms with Gasteiger partial charge in [0.05, 0.1) is 13.0 Å². The summed E-state index contributed by atoms with van der Waals surface area (Å²) in [6.45, 7) is -0.255. The topological polar surface area (TPSA) is 95.6 Å². The van der Waals surface area contributed by atoms with Crippen molar-refractivity contribution in [1.29, 1.82) is 0 Å². The van der Waals surface area contributed by atoms with Crippen LogP contribution in [0.1, 0.15) is 16.8 Å². The maximum absolute atomic E-state index is 11.7. The monoisotopic (exact) mass is 289 g/mol. The molecule has 0 aliphatic carbocycles. The van der Waals surface area contributed by atoms with E-state index < -0.39 is 17.9 Å². The molecule has 1 aliphatic heterocycles. The Labute approximate surface area is 121 Å². The summed E-state index contributed by atoms with van der Waals surface area (Å²) in [5.41, 5.74) is 0.442. The summed E-state index contributed by atoms with van der Waals surface area (Å²) < 4.78 is 0. The Balaban J connectivity index is 1.82.